The average Bonchev–Trinajstić information content (AvgIpc) is 3.66. The number of para-hydroxylation sites is 2. The Balaban J connectivity index is 1.30. The van der Waals surface area contributed by atoms with E-state index in [4.69, 9.17) is 28.3 Å². The molecule has 0 N–H and O–H groups in total. The van der Waals surface area contributed by atoms with Gasteiger partial charge in [-0.25, -0.2) is 4.98 Å². The molecule has 0 radical (unpaired) electrons. The van der Waals surface area contributed by atoms with Crippen LogP contribution in [0.15, 0.2) is 104 Å². The number of hydrogen-bond donors (Lipinski definition) is 0. The van der Waals surface area contributed by atoms with E-state index in [0.717, 1.165) is 15.4 Å². The molecule has 3 heterocycles. The highest BCUT2D eigenvalue weighted by Crippen LogP contribution is 2.35. The number of rotatable bonds is 7. The fourth-order valence-electron chi connectivity index (χ4n) is 4.77. The van der Waals surface area contributed by atoms with Crippen LogP contribution < -0.4 is 24.5 Å². The predicted octanol–water partition coefficient (Wildman–Crippen LogP) is 6.77. The Morgan fingerprint density at radius 3 is 2.79 bits per heavy atom. The largest absolute Gasteiger partial charge is 0.493 e. The van der Waals surface area contributed by atoms with Crippen molar-refractivity contribution in [2.45, 2.75) is 6.61 Å². The van der Waals surface area contributed by atoms with Gasteiger partial charge in [-0.3, -0.25) is 4.79 Å². The number of benzene rings is 4. The van der Waals surface area contributed by atoms with Crippen LogP contribution in [-0.4, -0.2) is 29.8 Å². The Kier molecular flexibility index (Phi) is 6.59. The molecule has 0 amide bonds. The third-order valence-electron chi connectivity index (χ3n) is 6.81. The van der Waals surface area contributed by atoms with Crippen LogP contribution in [-0.2, 0) is 6.61 Å². The first kappa shape index (κ1) is 25.8. The average molecular weight is 624 g/mol. The van der Waals surface area contributed by atoms with Gasteiger partial charge in [0.25, 0.3) is 5.56 Å². The van der Waals surface area contributed by atoms with Crippen LogP contribution in [0.1, 0.15) is 11.1 Å². The normalized spacial score (nSPS) is 12.4. The van der Waals surface area contributed by atoms with E-state index in [0.29, 0.717) is 50.8 Å². The van der Waals surface area contributed by atoms with Crippen LogP contribution in [0.3, 0.4) is 0 Å². The molecule has 0 unspecified atom stereocenters. The standard InChI is InChI=1S/C32H22BrN3O6/c1-38-27-8-4-5-20(30(27)39-17-19-9-11-26-28(13-19)41-18-40-26)16-34-36-31(35-24-7-3-2-6-23(24)32(36)37)29-15-21-14-22(33)10-12-25(21)42-29/h2-16H,17-18H2,1H3. The Morgan fingerprint density at radius 1 is 1.00 bits per heavy atom. The van der Waals surface area contributed by atoms with E-state index in [1.165, 1.54) is 4.68 Å². The van der Waals surface area contributed by atoms with Gasteiger partial charge in [-0.05, 0) is 66.2 Å². The number of hydrogen-bond acceptors (Lipinski definition) is 8. The minimum Gasteiger partial charge on any atom is -0.493 e. The highest BCUT2D eigenvalue weighted by molar-refractivity contribution is 9.10. The van der Waals surface area contributed by atoms with Crippen molar-refractivity contribution in [2.24, 2.45) is 5.10 Å². The Bertz CT molecular complexity index is 2070. The monoisotopic (exact) mass is 623 g/mol. The van der Waals surface area contributed by atoms with Gasteiger partial charge in [-0.2, -0.15) is 9.78 Å². The second-order valence-electron chi connectivity index (χ2n) is 9.46. The van der Waals surface area contributed by atoms with Crippen molar-refractivity contribution in [3.05, 3.63) is 111 Å². The summed E-state index contributed by atoms with van der Waals surface area (Å²) >= 11 is 3.50. The molecule has 0 saturated heterocycles. The second kappa shape index (κ2) is 10.7. The molecule has 9 nitrogen and oxygen atoms in total. The van der Waals surface area contributed by atoms with Gasteiger partial charge < -0.3 is 23.4 Å². The van der Waals surface area contributed by atoms with Crippen LogP contribution in [0.4, 0.5) is 0 Å². The highest BCUT2D eigenvalue weighted by Gasteiger charge is 2.18. The first-order valence-electron chi connectivity index (χ1n) is 13.0. The van der Waals surface area contributed by atoms with Gasteiger partial charge in [0.05, 0.1) is 24.2 Å². The third kappa shape index (κ3) is 4.75. The highest BCUT2D eigenvalue weighted by atomic mass is 79.9. The molecule has 4 aromatic carbocycles. The summed E-state index contributed by atoms with van der Waals surface area (Å²) in [5.74, 6) is 3.05. The zero-order chi connectivity index (χ0) is 28.6. The lowest BCUT2D eigenvalue weighted by atomic mass is 10.2. The topological polar surface area (TPSA) is 97.3 Å². The number of aromatic nitrogens is 2. The van der Waals surface area contributed by atoms with Crippen molar-refractivity contribution < 1.29 is 23.4 Å². The van der Waals surface area contributed by atoms with Crippen molar-refractivity contribution in [1.29, 1.82) is 0 Å². The fraction of sp³-hybridized carbons (Fsp3) is 0.0938. The molecule has 7 rings (SSSR count). The van der Waals surface area contributed by atoms with Gasteiger partial charge in [0.1, 0.15) is 12.2 Å². The van der Waals surface area contributed by atoms with Gasteiger partial charge >= 0.3 is 0 Å². The molecule has 0 fully saturated rings. The molecule has 208 valence electrons. The summed E-state index contributed by atoms with van der Waals surface area (Å²) in [6, 6.07) is 25.8. The molecule has 0 bridgehead atoms. The Morgan fingerprint density at radius 2 is 1.88 bits per heavy atom. The zero-order valence-corrected chi connectivity index (χ0v) is 23.8. The van der Waals surface area contributed by atoms with Gasteiger partial charge in [0, 0.05) is 15.4 Å². The smallest absolute Gasteiger partial charge is 0.282 e. The lowest BCUT2D eigenvalue weighted by Crippen LogP contribution is -2.20. The summed E-state index contributed by atoms with van der Waals surface area (Å²) in [6.45, 7) is 0.443. The number of fused-ring (bicyclic) bond motifs is 3. The minimum atomic E-state index is -0.334. The molecule has 10 heteroatoms. The molecular weight excluding hydrogens is 602 g/mol. The Labute approximate surface area is 247 Å². The Hall–Kier alpha value is -5.09. The predicted molar refractivity (Wildman–Crippen MR) is 162 cm³/mol. The lowest BCUT2D eigenvalue weighted by Gasteiger charge is -2.14. The van der Waals surface area contributed by atoms with E-state index in [9.17, 15) is 4.79 Å². The number of ether oxygens (including phenoxy) is 4. The summed E-state index contributed by atoms with van der Waals surface area (Å²) < 4.78 is 31.0. The maximum atomic E-state index is 13.7. The zero-order valence-electron chi connectivity index (χ0n) is 22.2. The lowest BCUT2D eigenvalue weighted by molar-refractivity contribution is 0.174. The first-order valence-corrected chi connectivity index (χ1v) is 13.8. The first-order chi connectivity index (χ1) is 20.6. The number of nitrogens with zero attached hydrogens (tertiary/aromatic N) is 3. The van der Waals surface area contributed by atoms with E-state index < -0.39 is 0 Å². The molecule has 42 heavy (non-hydrogen) atoms. The summed E-state index contributed by atoms with van der Waals surface area (Å²) in [5, 5.41) is 5.90. The van der Waals surface area contributed by atoms with Crippen LogP contribution in [0.25, 0.3) is 33.5 Å². The van der Waals surface area contributed by atoms with E-state index >= 15 is 0 Å². The number of methoxy groups -OCH3 is 1. The van der Waals surface area contributed by atoms with E-state index in [2.05, 4.69) is 21.0 Å². The van der Waals surface area contributed by atoms with Crippen molar-refractivity contribution >= 4 is 44.0 Å². The van der Waals surface area contributed by atoms with Crippen molar-refractivity contribution in [1.82, 2.24) is 9.66 Å². The van der Waals surface area contributed by atoms with Crippen molar-refractivity contribution in [3.63, 3.8) is 0 Å². The molecular formula is C32H22BrN3O6. The molecule has 0 aliphatic carbocycles. The molecule has 0 saturated carbocycles. The number of furan rings is 1. The van der Waals surface area contributed by atoms with Crippen LogP contribution in [0.2, 0.25) is 0 Å². The SMILES string of the molecule is COc1cccc(C=Nn2c(-c3cc4cc(Br)ccc4o3)nc3ccccc3c2=O)c1OCc1ccc2c(c1)OCO2. The van der Waals surface area contributed by atoms with E-state index in [1.54, 1.807) is 37.6 Å². The van der Waals surface area contributed by atoms with Crippen LogP contribution >= 0.6 is 15.9 Å². The summed E-state index contributed by atoms with van der Waals surface area (Å²) in [7, 11) is 1.57. The summed E-state index contributed by atoms with van der Waals surface area (Å²) in [4.78, 5) is 18.5. The van der Waals surface area contributed by atoms with Gasteiger partial charge in [0.2, 0.25) is 12.6 Å². The minimum absolute atomic E-state index is 0.198. The molecule has 2 aromatic heterocycles. The van der Waals surface area contributed by atoms with Gasteiger partial charge in [-0.1, -0.05) is 40.2 Å². The third-order valence-corrected chi connectivity index (χ3v) is 7.31. The second-order valence-corrected chi connectivity index (χ2v) is 10.4. The quantitative estimate of drug-likeness (QED) is 0.181. The molecule has 0 atom stereocenters. The van der Waals surface area contributed by atoms with Crippen LogP contribution in [0, 0.1) is 0 Å². The van der Waals surface area contributed by atoms with Crippen molar-refractivity contribution in [3.8, 4) is 34.6 Å². The van der Waals surface area contributed by atoms with Crippen LogP contribution in [0.5, 0.6) is 23.0 Å². The summed E-state index contributed by atoms with van der Waals surface area (Å²) in [5.41, 5.74) is 2.37. The van der Waals surface area contributed by atoms with E-state index in [-0.39, 0.29) is 24.8 Å². The molecule has 1 aliphatic heterocycles. The van der Waals surface area contributed by atoms with Gasteiger partial charge in [0.15, 0.2) is 28.8 Å². The maximum absolute atomic E-state index is 13.7. The molecule has 6 aromatic rings. The fourth-order valence-corrected chi connectivity index (χ4v) is 5.15. The van der Waals surface area contributed by atoms with Crippen molar-refractivity contribution in [2.75, 3.05) is 13.9 Å². The maximum Gasteiger partial charge on any atom is 0.282 e. The molecule has 1 aliphatic rings. The summed E-state index contributed by atoms with van der Waals surface area (Å²) in [6.07, 6.45) is 1.55. The van der Waals surface area contributed by atoms with E-state index in [1.807, 2.05) is 60.7 Å². The number of halogens is 1. The molecule has 0 spiro atoms. The van der Waals surface area contributed by atoms with Gasteiger partial charge in [-0.15, -0.1) is 0 Å².